The Morgan fingerprint density at radius 2 is 1.60 bits per heavy atom. The molecule has 1 saturated heterocycles. The maximum Gasteiger partial charge on any atom is 0.461 e. The Morgan fingerprint density at radius 1 is 1.10 bits per heavy atom. The second-order valence-electron chi connectivity index (χ2n) is 11.1. The summed E-state index contributed by atoms with van der Waals surface area (Å²) < 4.78 is 33.1. The third kappa shape index (κ3) is 5.64. The van der Waals surface area contributed by atoms with Gasteiger partial charge in [0, 0.05) is 5.82 Å². The molecule has 6 heteroatoms. The summed E-state index contributed by atoms with van der Waals surface area (Å²) in [4.78, 5) is 0. The van der Waals surface area contributed by atoms with Crippen LogP contribution in [0, 0.1) is 5.82 Å². The zero-order valence-corrected chi connectivity index (χ0v) is 21.3. The number of hydrogen-bond donors (Lipinski definition) is 0. The number of rotatable bonds is 8. The highest BCUT2D eigenvalue weighted by Gasteiger charge is 2.54. The SMILES string of the molecule is C=CC[C@H](C[C@H](O[Si](C)(C)C(C)(C)C)c1ccc(F)cc1)B1OC(C)(C)C(C)(C)O1. The molecule has 1 aromatic carbocycles. The van der Waals surface area contributed by atoms with Crippen LogP contribution < -0.4 is 0 Å². The van der Waals surface area contributed by atoms with Gasteiger partial charge < -0.3 is 13.7 Å². The highest BCUT2D eigenvalue weighted by molar-refractivity contribution is 6.74. The summed E-state index contributed by atoms with van der Waals surface area (Å²) >= 11 is 0. The molecule has 0 radical (unpaired) electrons. The molecule has 0 unspecified atom stereocenters. The Balaban J connectivity index is 2.34. The van der Waals surface area contributed by atoms with Gasteiger partial charge in [0.25, 0.3) is 0 Å². The monoisotopic (exact) mass is 434 g/mol. The first-order valence-electron chi connectivity index (χ1n) is 11.0. The van der Waals surface area contributed by atoms with Crippen LogP contribution in [0.3, 0.4) is 0 Å². The molecule has 0 aliphatic carbocycles. The third-order valence-corrected chi connectivity index (χ3v) is 11.6. The van der Waals surface area contributed by atoms with Crippen LogP contribution in [0.25, 0.3) is 0 Å². The van der Waals surface area contributed by atoms with Crippen molar-refractivity contribution in [2.24, 2.45) is 0 Å². The summed E-state index contributed by atoms with van der Waals surface area (Å²) in [7, 11) is -2.39. The third-order valence-electron chi connectivity index (χ3n) is 7.13. The molecule has 1 aliphatic heterocycles. The predicted molar refractivity (Wildman–Crippen MR) is 127 cm³/mol. The number of allylic oxidation sites excluding steroid dienone is 1. The summed E-state index contributed by atoms with van der Waals surface area (Å²) in [6.07, 6.45) is 3.25. The molecule has 2 rings (SSSR count). The fraction of sp³-hybridized carbons (Fsp3) is 0.667. The van der Waals surface area contributed by atoms with Gasteiger partial charge in [-0.25, -0.2) is 4.39 Å². The molecule has 0 saturated carbocycles. The van der Waals surface area contributed by atoms with E-state index in [1.165, 1.54) is 12.1 Å². The topological polar surface area (TPSA) is 27.7 Å². The zero-order valence-electron chi connectivity index (χ0n) is 20.3. The Hall–Kier alpha value is -0.948. The highest BCUT2D eigenvalue weighted by atomic mass is 28.4. The van der Waals surface area contributed by atoms with Gasteiger partial charge in [-0.05, 0) is 76.4 Å². The van der Waals surface area contributed by atoms with Crippen molar-refractivity contribution in [1.29, 1.82) is 0 Å². The van der Waals surface area contributed by atoms with Crippen molar-refractivity contribution in [3.8, 4) is 0 Å². The lowest BCUT2D eigenvalue weighted by Gasteiger charge is -2.40. The largest absolute Gasteiger partial charge is 0.461 e. The predicted octanol–water partition coefficient (Wildman–Crippen LogP) is 7.32. The second kappa shape index (κ2) is 8.89. The Bertz CT molecular complexity index is 709. The Morgan fingerprint density at radius 3 is 2.03 bits per heavy atom. The van der Waals surface area contributed by atoms with Crippen LogP contribution in [0.4, 0.5) is 4.39 Å². The van der Waals surface area contributed by atoms with Crippen LogP contribution >= 0.6 is 0 Å². The van der Waals surface area contributed by atoms with Crippen LogP contribution in [0.1, 0.15) is 73.0 Å². The first kappa shape index (κ1) is 25.3. The summed E-state index contributed by atoms with van der Waals surface area (Å²) in [6.45, 7) is 23.4. The Labute approximate surface area is 184 Å². The van der Waals surface area contributed by atoms with Gasteiger partial charge in [-0.1, -0.05) is 39.0 Å². The molecule has 0 bridgehead atoms. The first-order chi connectivity index (χ1) is 13.6. The van der Waals surface area contributed by atoms with Gasteiger partial charge >= 0.3 is 7.12 Å². The summed E-state index contributed by atoms with van der Waals surface area (Å²) in [5, 5.41) is 0.0730. The van der Waals surface area contributed by atoms with Crippen LogP contribution in [0.5, 0.6) is 0 Å². The summed E-state index contributed by atoms with van der Waals surface area (Å²) in [5.41, 5.74) is 0.220. The van der Waals surface area contributed by atoms with Crippen LogP contribution in [-0.2, 0) is 13.7 Å². The van der Waals surface area contributed by atoms with E-state index in [9.17, 15) is 4.39 Å². The van der Waals surface area contributed by atoms with Crippen molar-refractivity contribution in [3.05, 3.63) is 48.3 Å². The Kier molecular flexibility index (Phi) is 7.50. The normalized spacial score (nSPS) is 20.8. The molecule has 0 amide bonds. The van der Waals surface area contributed by atoms with E-state index in [-0.39, 0.29) is 41.1 Å². The summed E-state index contributed by atoms with van der Waals surface area (Å²) in [6, 6.07) is 6.69. The maximum atomic E-state index is 13.6. The van der Waals surface area contributed by atoms with Gasteiger partial charge in [0.1, 0.15) is 5.82 Å². The van der Waals surface area contributed by atoms with Crippen molar-refractivity contribution >= 4 is 15.4 Å². The minimum atomic E-state index is -2.05. The molecule has 0 aromatic heterocycles. The fourth-order valence-electron chi connectivity index (χ4n) is 3.35. The quantitative estimate of drug-likeness (QED) is 0.317. The van der Waals surface area contributed by atoms with Crippen molar-refractivity contribution in [2.75, 3.05) is 0 Å². The molecular formula is C24H40BFO3Si. The molecule has 1 aromatic rings. The number of benzene rings is 1. The molecule has 3 nitrogen and oxygen atoms in total. The second-order valence-corrected chi connectivity index (χ2v) is 15.8. The van der Waals surface area contributed by atoms with Crippen molar-refractivity contribution in [1.82, 2.24) is 0 Å². The van der Waals surface area contributed by atoms with E-state index in [1.807, 2.05) is 18.2 Å². The highest BCUT2D eigenvalue weighted by Crippen LogP contribution is 2.46. The van der Waals surface area contributed by atoms with E-state index >= 15 is 0 Å². The first-order valence-corrected chi connectivity index (χ1v) is 13.9. The lowest BCUT2D eigenvalue weighted by molar-refractivity contribution is 0.00578. The molecule has 1 aliphatic rings. The average molecular weight is 434 g/mol. The minimum absolute atomic E-state index is 0.0730. The minimum Gasteiger partial charge on any atom is -0.410 e. The van der Waals surface area contributed by atoms with Crippen LogP contribution in [0.15, 0.2) is 36.9 Å². The van der Waals surface area contributed by atoms with Crippen molar-refractivity contribution in [3.63, 3.8) is 0 Å². The van der Waals surface area contributed by atoms with Gasteiger partial charge in [0.15, 0.2) is 8.32 Å². The van der Waals surface area contributed by atoms with Crippen LogP contribution in [-0.4, -0.2) is 26.6 Å². The van der Waals surface area contributed by atoms with E-state index < -0.39 is 8.32 Å². The molecule has 30 heavy (non-hydrogen) atoms. The van der Waals surface area contributed by atoms with Crippen molar-refractivity contribution in [2.45, 2.75) is 103 Å². The molecule has 0 N–H and O–H groups in total. The molecular weight excluding hydrogens is 394 g/mol. The van der Waals surface area contributed by atoms with Crippen molar-refractivity contribution < 1.29 is 18.1 Å². The molecule has 2 atom stereocenters. The molecule has 0 spiro atoms. The van der Waals surface area contributed by atoms with Gasteiger partial charge in [-0.3, -0.25) is 0 Å². The fourth-order valence-corrected chi connectivity index (χ4v) is 4.65. The zero-order chi connectivity index (χ0) is 23.0. The number of hydrogen-bond acceptors (Lipinski definition) is 3. The maximum absolute atomic E-state index is 13.6. The van der Waals surface area contributed by atoms with Gasteiger partial charge in [-0.2, -0.15) is 0 Å². The van der Waals surface area contributed by atoms with E-state index in [4.69, 9.17) is 13.7 Å². The van der Waals surface area contributed by atoms with E-state index in [0.29, 0.717) is 0 Å². The summed E-state index contributed by atoms with van der Waals surface area (Å²) in [5.74, 6) is -0.151. The van der Waals surface area contributed by atoms with E-state index in [2.05, 4.69) is 68.1 Å². The van der Waals surface area contributed by atoms with E-state index in [0.717, 1.165) is 18.4 Å². The average Bonchev–Trinajstić information content (AvgIpc) is 2.81. The lowest BCUT2D eigenvalue weighted by atomic mass is 9.66. The smallest absolute Gasteiger partial charge is 0.410 e. The van der Waals surface area contributed by atoms with E-state index in [1.54, 1.807) is 0 Å². The molecule has 1 heterocycles. The van der Waals surface area contributed by atoms with Gasteiger partial charge in [0.05, 0.1) is 17.3 Å². The van der Waals surface area contributed by atoms with Gasteiger partial charge in [0.2, 0.25) is 0 Å². The molecule has 168 valence electrons. The lowest BCUT2D eigenvalue weighted by Crippen LogP contribution is -2.42. The number of halogens is 1. The van der Waals surface area contributed by atoms with Gasteiger partial charge in [-0.15, -0.1) is 6.58 Å². The standard InChI is InChI=1S/C24H40BFO3Si/c1-11-12-19(25-28-23(5,6)24(7,8)29-25)17-21(18-13-15-20(26)16-14-18)27-30(9,10)22(2,3)4/h11,13-16,19,21H,1,12,17H2,2-10H3/t19-,21+/m1/s1. The van der Waals surface area contributed by atoms with Crippen LogP contribution in [0.2, 0.25) is 23.9 Å². The molecule has 1 fully saturated rings.